The summed E-state index contributed by atoms with van der Waals surface area (Å²) in [5, 5.41) is 9.85. The molecule has 28 heavy (non-hydrogen) atoms. The monoisotopic (exact) mass is 394 g/mol. The Bertz CT molecular complexity index is 469. The van der Waals surface area contributed by atoms with Crippen LogP contribution in [0.4, 0.5) is 0 Å². The van der Waals surface area contributed by atoms with E-state index in [1.807, 2.05) is 0 Å². The van der Waals surface area contributed by atoms with Crippen LogP contribution in [0.15, 0.2) is 4.99 Å². The minimum absolute atomic E-state index is 0.152. The maximum Gasteiger partial charge on any atom is 0.221 e. The zero-order valence-electron chi connectivity index (χ0n) is 18.2. The van der Waals surface area contributed by atoms with Crippen LogP contribution in [0.3, 0.4) is 0 Å². The summed E-state index contributed by atoms with van der Waals surface area (Å²) in [5.41, 5.74) is 0.288. The van der Waals surface area contributed by atoms with Gasteiger partial charge in [0, 0.05) is 45.3 Å². The van der Waals surface area contributed by atoms with Crippen molar-refractivity contribution in [3.05, 3.63) is 0 Å². The maximum absolute atomic E-state index is 12.2. The topological polar surface area (TPSA) is 74.8 Å². The third-order valence-corrected chi connectivity index (χ3v) is 6.18. The van der Waals surface area contributed by atoms with E-state index < -0.39 is 0 Å². The molecule has 0 saturated heterocycles. The first-order valence-electron chi connectivity index (χ1n) is 11.6. The summed E-state index contributed by atoms with van der Waals surface area (Å²) in [6.07, 6.45) is 12.7. The number of nitrogens with zero attached hydrogens (tertiary/aromatic N) is 1. The first-order valence-corrected chi connectivity index (χ1v) is 11.6. The van der Waals surface area contributed by atoms with Gasteiger partial charge in [0.25, 0.3) is 0 Å². The second-order valence-corrected chi connectivity index (χ2v) is 8.43. The Labute approximate surface area is 171 Å². The summed E-state index contributed by atoms with van der Waals surface area (Å²) in [7, 11) is 0. The van der Waals surface area contributed by atoms with Gasteiger partial charge in [-0.3, -0.25) is 9.79 Å². The molecular formula is C22H42N4O2. The molecule has 0 aromatic rings. The summed E-state index contributed by atoms with van der Waals surface area (Å²) in [5.74, 6) is 0.981. The van der Waals surface area contributed by atoms with E-state index in [1.54, 1.807) is 0 Å². The van der Waals surface area contributed by atoms with Crippen LogP contribution in [-0.2, 0) is 9.53 Å². The third kappa shape index (κ3) is 8.38. The normalized spacial score (nSPS) is 20.1. The first-order chi connectivity index (χ1) is 13.7. The van der Waals surface area contributed by atoms with E-state index >= 15 is 0 Å². The fourth-order valence-electron chi connectivity index (χ4n) is 4.47. The molecule has 2 aliphatic carbocycles. The highest BCUT2D eigenvalue weighted by molar-refractivity contribution is 5.81. The summed E-state index contributed by atoms with van der Waals surface area (Å²) in [6.45, 7) is 8.03. The number of guanidine groups is 1. The molecule has 2 fully saturated rings. The molecule has 0 aliphatic heterocycles. The molecule has 2 saturated carbocycles. The number of ether oxygens (including phenoxy) is 1. The van der Waals surface area contributed by atoms with Gasteiger partial charge in [-0.1, -0.05) is 32.1 Å². The van der Waals surface area contributed by atoms with Gasteiger partial charge in [-0.25, -0.2) is 0 Å². The SMILES string of the molecule is CCNC(=NCC1(CCOCC)CCCC1)NCCC(=O)NC1CCCCC1. The molecule has 0 aromatic carbocycles. The Morgan fingerprint density at radius 3 is 2.50 bits per heavy atom. The Hall–Kier alpha value is -1.30. The van der Waals surface area contributed by atoms with Crippen molar-refractivity contribution in [1.82, 2.24) is 16.0 Å². The van der Waals surface area contributed by atoms with Gasteiger partial charge in [-0.2, -0.15) is 0 Å². The van der Waals surface area contributed by atoms with Gasteiger partial charge in [-0.05, 0) is 51.4 Å². The second kappa shape index (κ2) is 13.0. The highest BCUT2D eigenvalue weighted by Gasteiger charge is 2.33. The quantitative estimate of drug-likeness (QED) is 0.285. The molecule has 0 heterocycles. The lowest BCUT2D eigenvalue weighted by atomic mass is 9.83. The zero-order chi connectivity index (χ0) is 20.1. The molecule has 0 unspecified atom stereocenters. The van der Waals surface area contributed by atoms with E-state index in [0.29, 0.717) is 19.0 Å². The molecule has 0 spiro atoms. The summed E-state index contributed by atoms with van der Waals surface area (Å²) >= 11 is 0. The van der Waals surface area contributed by atoms with Crippen LogP contribution in [0.1, 0.15) is 84.5 Å². The Morgan fingerprint density at radius 1 is 1.07 bits per heavy atom. The lowest BCUT2D eigenvalue weighted by molar-refractivity contribution is -0.121. The zero-order valence-corrected chi connectivity index (χ0v) is 18.2. The molecule has 0 radical (unpaired) electrons. The number of carbonyl (C=O) groups excluding carboxylic acids is 1. The largest absolute Gasteiger partial charge is 0.382 e. The van der Waals surface area contributed by atoms with Crippen LogP contribution in [0.2, 0.25) is 0 Å². The molecule has 6 heteroatoms. The van der Waals surface area contributed by atoms with Crippen molar-refractivity contribution < 1.29 is 9.53 Å². The van der Waals surface area contributed by atoms with Crippen LogP contribution in [0, 0.1) is 5.41 Å². The molecule has 2 aliphatic rings. The van der Waals surface area contributed by atoms with Gasteiger partial charge in [-0.15, -0.1) is 0 Å². The highest BCUT2D eigenvalue weighted by atomic mass is 16.5. The molecule has 0 atom stereocenters. The van der Waals surface area contributed by atoms with Crippen molar-refractivity contribution in [1.29, 1.82) is 0 Å². The number of hydrogen-bond donors (Lipinski definition) is 3. The summed E-state index contributed by atoms with van der Waals surface area (Å²) < 4.78 is 5.60. The van der Waals surface area contributed by atoms with Gasteiger partial charge in [0.15, 0.2) is 5.96 Å². The fourth-order valence-corrected chi connectivity index (χ4v) is 4.47. The number of hydrogen-bond acceptors (Lipinski definition) is 3. The van der Waals surface area contributed by atoms with E-state index in [-0.39, 0.29) is 11.3 Å². The lowest BCUT2D eigenvalue weighted by Gasteiger charge is -2.27. The number of aliphatic imine (C=N–C) groups is 1. The Balaban J connectivity index is 1.76. The van der Waals surface area contributed by atoms with Crippen LogP contribution < -0.4 is 16.0 Å². The number of rotatable bonds is 11. The fraction of sp³-hybridized carbons (Fsp3) is 0.909. The molecular weight excluding hydrogens is 352 g/mol. The van der Waals surface area contributed by atoms with E-state index in [1.165, 1.54) is 44.9 Å². The van der Waals surface area contributed by atoms with Gasteiger partial charge >= 0.3 is 0 Å². The molecule has 0 aromatic heterocycles. The van der Waals surface area contributed by atoms with E-state index in [0.717, 1.165) is 51.5 Å². The summed E-state index contributed by atoms with van der Waals surface area (Å²) in [4.78, 5) is 17.1. The smallest absolute Gasteiger partial charge is 0.221 e. The van der Waals surface area contributed by atoms with Crippen molar-refractivity contribution in [3.63, 3.8) is 0 Å². The average Bonchev–Trinajstić information content (AvgIpc) is 3.16. The Morgan fingerprint density at radius 2 is 1.82 bits per heavy atom. The first kappa shape index (κ1) is 23.0. The van der Waals surface area contributed by atoms with Crippen molar-refractivity contribution in [3.8, 4) is 0 Å². The molecule has 162 valence electrons. The predicted octanol–water partition coefficient (Wildman–Crippen LogP) is 3.37. The molecule has 1 amide bonds. The number of amides is 1. The molecule has 3 N–H and O–H groups in total. The van der Waals surface area contributed by atoms with Crippen molar-refractivity contribution in [2.24, 2.45) is 10.4 Å². The van der Waals surface area contributed by atoms with Gasteiger partial charge in [0.1, 0.15) is 0 Å². The maximum atomic E-state index is 12.2. The predicted molar refractivity (Wildman–Crippen MR) is 116 cm³/mol. The number of carbonyl (C=O) groups is 1. The standard InChI is InChI=1S/C22H42N4O2/c1-3-23-21(24-16-12-20(27)26-19-10-6-5-7-11-19)25-18-22(13-8-9-14-22)15-17-28-4-2/h19H,3-18H2,1-2H3,(H,26,27)(H2,23,24,25). The van der Waals surface area contributed by atoms with Gasteiger partial charge in [0.2, 0.25) is 5.91 Å². The van der Waals surface area contributed by atoms with Gasteiger partial charge < -0.3 is 20.7 Å². The minimum Gasteiger partial charge on any atom is -0.382 e. The van der Waals surface area contributed by atoms with E-state index in [2.05, 4.69) is 29.8 Å². The molecule has 0 bridgehead atoms. The van der Waals surface area contributed by atoms with Crippen LogP contribution in [0.5, 0.6) is 0 Å². The third-order valence-electron chi connectivity index (χ3n) is 6.18. The number of nitrogens with one attached hydrogen (secondary N) is 3. The van der Waals surface area contributed by atoms with E-state index in [4.69, 9.17) is 9.73 Å². The van der Waals surface area contributed by atoms with Gasteiger partial charge in [0.05, 0.1) is 0 Å². The Kier molecular flexibility index (Phi) is 10.7. The second-order valence-electron chi connectivity index (χ2n) is 8.43. The van der Waals surface area contributed by atoms with Crippen molar-refractivity contribution in [2.75, 3.05) is 32.8 Å². The highest BCUT2D eigenvalue weighted by Crippen LogP contribution is 2.41. The van der Waals surface area contributed by atoms with Crippen molar-refractivity contribution in [2.45, 2.75) is 90.5 Å². The minimum atomic E-state index is 0.152. The van der Waals surface area contributed by atoms with Crippen molar-refractivity contribution >= 4 is 11.9 Å². The molecule has 6 nitrogen and oxygen atoms in total. The molecule has 2 rings (SSSR count). The van der Waals surface area contributed by atoms with Crippen LogP contribution >= 0.6 is 0 Å². The average molecular weight is 395 g/mol. The lowest BCUT2D eigenvalue weighted by Crippen LogP contribution is -2.41. The van der Waals surface area contributed by atoms with Crippen LogP contribution in [-0.4, -0.2) is 50.8 Å². The van der Waals surface area contributed by atoms with Crippen LogP contribution in [0.25, 0.3) is 0 Å². The van der Waals surface area contributed by atoms with E-state index in [9.17, 15) is 4.79 Å². The summed E-state index contributed by atoms with van der Waals surface area (Å²) in [6, 6.07) is 0.385.